The van der Waals surface area contributed by atoms with Crippen molar-refractivity contribution in [1.29, 1.82) is 0 Å². The fraction of sp³-hybridized carbons (Fsp3) is 0.333. The van der Waals surface area contributed by atoms with Crippen molar-refractivity contribution in [2.75, 3.05) is 12.4 Å². The van der Waals surface area contributed by atoms with Crippen LogP contribution in [-0.4, -0.2) is 29.9 Å². The van der Waals surface area contributed by atoms with Crippen LogP contribution in [0.4, 0.5) is 10.1 Å². The van der Waals surface area contributed by atoms with Gasteiger partial charge in [-0.2, -0.15) is 0 Å². The van der Waals surface area contributed by atoms with Crippen molar-refractivity contribution in [3.8, 4) is 0 Å². The highest BCUT2D eigenvalue weighted by atomic mass is 19.1. The molecule has 2 aromatic rings. The van der Waals surface area contributed by atoms with Gasteiger partial charge in [-0.3, -0.25) is 4.79 Å². The first-order valence-corrected chi connectivity index (χ1v) is 7.60. The highest BCUT2D eigenvalue weighted by Gasteiger charge is 2.25. The number of methoxy groups -OCH3 is 1. The number of aromatic amines is 1. The molecule has 1 heterocycles. The molecule has 0 radical (unpaired) electrons. The lowest BCUT2D eigenvalue weighted by molar-refractivity contribution is 0.0599. The predicted octanol–water partition coefficient (Wildman–Crippen LogP) is 3.55. The molecule has 1 aromatic heterocycles. The maximum atomic E-state index is 13.6. The summed E-state index contributed by atoms with van der Waals surface area (Å²) in [4.78, 5) is 27.4. The maximum Gasteiger partial charge on any atom is 0.339 e. The Hall–Kier alpha value is -2.63. The molecule has 2 N–H and O–H groups in total. The first-order chi connectivity index (χ1) is 11.3. The van der Waals surface area contributed by atoms with E-state index in [1.165, 1.54) is 13.2 Å². The number of nitrogens with one attached hydrogen (secondary N) is 2. The topological polar surface area (TPSA) is 71.2 Å². The van der Waals surface area contributed by atoms with Gasteiger partial charge in [-0.1, -0.05) is 6.07 Å². The zero-order valence-corrected chi connectivity index (χ0v) is 14.4. The van der Waals surface area contributed by atoms with Crippen molar-refractivity contribution < 1.29 is 18.7 Å². The number of anilines is 1. The number of halogens is 1. The Labute approximate surface area is 140 Å². The Bertz CT molecular complexity index is 796. The Balaban J connectivity index is 2.25. The minimum atomic E-state index is -0.589. The van der Waals surface area contributed by atoms with Crippen molar-refractivity contribution in [1.82, 2.24) is 4.98 Å². The highest BCUT2D eigenvalue weighted by Crippen LogP contribution is 2.21. The van der Waals surface area contributed by atoms with Gasteiger partial charge < -0.3 is 15.0 Å². The number of aryl methyl sites for hydroxylation is 2. The van der Waals surface area contributed by atoms with E-state index in [1.807, 2.05) is 0 Å². The molecule has 0 amide bonds. The number of esters is 1. The van der Waals surface area contributed by atoms with Crippen LogP contribution in [0.25, 0.3) is 0 Å². The molecule has 0 spiro atoms. The molecular formula is C18H21FN2O3. The summed E-state index contributed by atoms with van der Waals surface area (Å²) in [6, 6.07) is 4.13. The van der Waals surface area contributed by atoms with Gasteiger partial charge in [0.15, 0.2) is 0 Å². The standard InChI is InChI=1S/C18H21FN2O3/c1-9-6-7-13(8-14(9)19)20-12(4)17(22)16-10(2)15(11(3)21-16)18(23)24-5/h6-8,12,20-21H,1-5H3/t12-/m0/s1. The first-order valence-electron chi connectivity index (χ1n) is 7.60. The molecule has 0 aliphatic carbocycles. The number of benzene rings is 1. The van der Waals surface area contributed by atoms with Gasteiger partial charge in [0.2, 0.25) is 5.78 Å². The number of aromatic nitrogens is 1. The molecule has 0 saturated heterocycles. The molecule has 0 fully saturated rings. The van der Waals surface area contributed by atoms with Gasteiger partial charge in [0.25, 0.3) is 0 Å². The van der Waals surface area contributed by atoms with Crippen molar-refractivity contribution in [2.24, 2.45) is 0 Å². The van der Waals surface area contributed by atoms with Crippen LogP contribution in [-0.2, 0) is 4.74 Å². The number of carbonyl (C=O) groups excluding carboxylic acids is 2. The van der Waals surface area contributed by atoms with Crippen LogP contribution in [0.3, 0.4) is 0 Å². The van der Waals surface area contributed by atoms with Crippen LogP contribution in [0.2, 0.25) is 0 Å². The van der Waals surface area contributed by atoms with Crippen LogP contribution in [0.15, 0.2) is 18.2 Å². The zero-order valence-electron chi connectivity index (χ0n) is 14.4. The van der Waals surface area contributed by atoms with Crippen LogP contribution < -0.4 is 5.32 Å². The lowest BCUT2D eigenvalue weighted by atomic mass is 10.0. The summed E-state index contributed by atoms with van der Waals surface area (Å²) in [5.74, 6) is -1.03. The first kappa shape index (κ1) is 17.7. The van der Waals surface area contributed by atoms with E-state index in [4.69, 9.17) is 4.74 Å². The van der Waals surface area contributed by atoms with Crippen molar-refractivity contribution in [3.63, 3.8) is 0 Å². The molecule has 0 aliphatic heterocycles. The number of ketones is 1. The van der Waals surface area contributed by atoms with Crippen molar-refractivity contribution >= 4 is 17.4 Å². The summed E-state index contributed by atoms with van der Waals surface area (Å²) in [5, 5.41) is 2.98. The highest BCUT2D eigenvalue weighted by molar-refractivity contribution is 6.04. The lowest BCUT2D eigenvalue weighted by Gasteiger charge is -2.14. The number of Topliss-reactive ketones (excluding diaryl/α,β-unsaturated/α-hetero) is 1. The van der Waals surface area contributed by atoms with E-state index in [0.717, 1.165) is 0 Å². The molecule has 1 aromatic carbocycles. The van der Waals surface area contributed by atoms with Crippen LogP contribution in [0.5, 0.6) is 0 Å². The monoisotopic (exact) mass is 332 g/mol. The molecule has 24 heavy (non-hydrogen) atoms. The Morgan fingerprint density at radius 1 is 1.25 bits per heavy atom. The predicted molar refractivity (Wildman–Crippen MR) is 90.2 cm³/mol. The van der Waals surface area contributed by atoms with E-state index in [9.17, 15) is 14.0 Å². The minimum absolute atomic E-state index is 0.216. The Morgan fingerprint density at radius 2 is 1.92 bits per heavy atom. The van der Waals surface area contributed by atoms with E-state index in [1.54, 1.807) is 39.8 Å². The summed E-state index contributed by atoms with van der Waals surface area (Å²) in [6.45, 7) is 6.77. The molecule has 1 atom stereocenters. The smallest absolute Gasteiger partial charge is 0.339 e. The normalized spacial score (nSPS) is 11.9. The van der Waals surface area contributed by atoms with Crippen molar-refractivity contribution in [3.05, 3.63) is 52.1 Å². The van der Waals surface area contributed by atoms with Gasteiger partial charge >= 0.3 is 5.97 Å². The molecule has 0 saturated carbocycles. The molecule has 128 valence electrons. The summed E-state index contributed by atoms with van der Waals surface area (Å²) < 4.78 is 18.4. The zero-order chi connectivity index (χ0) is 18.0. The average Bonchev–Trinajstić information content (AvgIpc) is 2.84. The Morgan fingerprint density at radius 3 is 2.50 bits per heavy atom. The second-order valence-corrected chi connectivity index (χ2v) is 5.81. The van der Waals surface area contributed by atoms with E-state index in [2.05, 4.69) is 10.3 Å². The molecule has 5 nitrogen and oxygen atoms in total. The third kappa shape index (κ3) is 3.32. The van der Waals surface area contributed by atoms with Crippen LogP contribution >= 0.6 is 0 Å². The quantitative estimate of drug-likeness (QED) is 0.649. The summed E-state index contributed by atoms with van der Waals surface area (Å²) in [5.41, 5.74) is 2.91. The second kappa shape index (κ2) is 6.86. The molecule has 6 heteroatoms. The van der Waals surface area contributed by atoms with Crippen LogP contribution in [0, 0.1) is 26.6 Å². The molecule has 2 rings (SSSR count). The molecule has 0 aliphatic rings. The third-order valence-corrected chi connectivity index (χ3v) is 4.02. The average molecular weight is 332 g/mol. The molecule has 0 bridgehead atoms. The van der Waals surface area contributed by atoms with E-state index in [0.29, 0.717) is 33.8 Å². The van der Waals surface area contributed by atoms with E-state index < -0.39 is 12.0 Å². The number of carbonyl (C=O) groups is 2. The SMILES string of the molecule is COC(=O)c1c(C)[nH]c(C(=O)[C@H](C)Nc2ccc(C)c(F)c2)c1C. The van der Waals surface area contributed by atoms with E-state index in [-0.39, 0.29) is 11.6 Å². The lowest BCUT2D eigenvalue weighted by Crippen LogP contribution is -2.27. The fourth-order valence-electron chi connectivity index (χ4n) is 2.62. The minimum Gasteiger partial charge on any atom is -0.465 e. The van der Waals surface area contributed by atoms with Crippen molar-refractivity contribution in [2.45, 2.75) is 33.7 Å². The number of hydrogen-bond acceptors (Lipinski definition) is 4. The van der Waals surface area contributed by atoms with Gasteiger partial charge in [-0.05, 0) is 51.0 Å². The van der Waals surface area contributed by atoms with Gasteiger partial charge in [0.1, 0.15) is 5.82 Å². The summed E-state index contributed by atoms with van der Waals surface area (Å²) in [6.07, 6.45) is 0. The number of ether oxygens (including phenoxy) is 1. The fourth-order valence-corrected chi connectivity index (χ4v) is 2.62. The second-order valence-electron chi connectivity index (χ2n) is 5.81. The number of hydrogen-bond donors (Lipinski definition) is 2. The number of rotatable bonds is 5. The van der Waals surface area contributed by atoms with Gasteiger partial charge in [0, 0.05) is 11.4 Å². The van der Waals surface area contributed by atoms with Gasteiger partial charge in [-0.25, -0.2) is 9.18 Å². The van der Waals surface area contributed by atoms with Gasteiger partial charge in [-0.15, -0.1) is 0 Å². The Kier molecular flexibility index (Phi) is 5.07. The van der Waals surface area contributed by atoms with Gasteiger partial charge in [0.05, 0.1) is 24.4 Å². The molecular weight excluding hydrogens is 311 g/mol. The number of H-pyrrole nitrogens is 1. The van der Waals surface area contributed by atoms with Crippen LogP contribution in [0.1, 0.15) is 44.6 Å². The third-order valence-electron chi connectivity index (χ3n) is 4.02. The van der Waals surface area contributed by atoms with E-state index >= 15 is 0 Å². The molecule has 0 unspecified atom stereocenters. The maximum absolute atomic E-state index is 13.6. The summed E-state index contributed by atoms with van der Waals surface area (Å²) in [7, 11) is 1.30. The summed E-state index contributed by atoms with van der Waals surface area (Å²) >= 11 is 0. The largest absolute Gasteiger partial charge is 0.465 e.